The van der Waals surface area contributed by atoms with E-state index >= 15 is 0 Å². The van der Waals surface area contributed by atoms with Gasteiger partial charge in [0.25, 0.3) is 10.0 Å². The Bertz CT molecular complexity index is 472. The highest BCUT2D eigenvalue weighted by molar-refractivity contribution is 7.89. The second-order valence-corrected chi connectivity index (χ2v) is 5.68. The molecule has 0 spiro atoms. The minimum Gasteiger partial charge on any atom is -0.396 e. The van der Waals surface area contributed by atoms with Crippen molar-refractivity contribution in [3.05, 3.63) is 11.5 Å². The van der Waals surface area contributed by atoms with Gasteiger partial charge < -0.3 is 9.67 Å². The largest absolute Gasteiger partial charge is 0.396 e. The second-order valence-electron chi connectivity index (χ2n) is 3.69. The predicted molar refractivity (Wildman–Crippen MR) is 64.3 cm³/mol. The fraction of sp³-hybridized carbons (Fsp3) is 0.667. The van der Waals surface area contributed by atoms with Crippen LogP contribution in [0.3, 0.4) is 0 Å². The average Bonchev–Trinajstić information content (AvgIpc) is 2.59. The monoisotopic (exact) mass is 281 g/mol. The van der Waals surface area contributed by atoms with Crippen LogP contribution >= 0.6 is 11.6 Å². The van der Waals surface area contributed by atoms with Gasteiger partial charge in [-0.25, -0.2) is 18.1 Å². The molecule has 0 bridgehead atoms. The molecule has 1 unspecified atom stereocenters. The van der Waals surface area contributed by atoms with E-state index in [1.54, 1.807) is 7.05 Å². The lowest BCUT2D eigenvalue weighted by Gasteiger charge is -2.14. The Morgan fingerprint density at radius 2 is 2.29 bits per heavy atom. The number of sulfonamides is 1. The van der Waals surface area contributed by atoms with Crippen LogP contribution in [0, 0.1) is 0 Å². The minimum absolute atomic E-state index is 0.0661. The Morgan fingerprint density at radius 3 is 2.71 bits per heavy atom. The highest BCUT2D eigenvalue weighted by Gasteiger charge is 2.24. The molecule has 2 N–H and O–H groups in total. The smallest absolute Gasteiger partial charge is 0.261 e. The molecule has 0 fully saturated rings. The van der Waals surface area contributed by atoms with Crippen molar-refractivity contribution in [1.29, 1.82) is 0 Å². The van der Waals surface area contributed by atoms with Gasteiger partial charge in [0.1, 0.15) is 5.15 Å². The Hall–Kier alpha value is -0.630. The van der Waals surface area contributed by atoms with Gasteiger partial charge in [0, 0.05) is 19.7 Å². The summed E-state index contributed by atoms with van der Waals surface area (Å²) in [5, 5.41) is 8.70. The molecule has 1 heterocycles. The molecule has 0 saturated heterocycles. The van der Waals surface area contributed by atoms with E-state index in [0.717, 1.165) is 0 Å². The fourth-order valence-electron chi connectivity index (χ4n) is 1.35. The SMILES string of the molecule is CCC(CCO)NS(=O)(=O)c1ncn(C)c1Cl. The number of aryl methyl sites for hydroxylation is 1. The van der Waals surface area contributed by atoms with Crippen molar-refractivity contribution < 1.29 is 13.5 Å². The third kappa shape index (κ3) is 3.41. The van der Waals surface area contributed by atoms with E-state index in [1.165, 1.54) is 10.9 Å². The van der Waals surface area contributed by atoms with E-state index in [4.69, 9.17) is 16.7 Å². The van der Waals surface area contributed by atoms with Gasteiger partial charge in [-0.15, -0.1) is 0 Å². The van der Waals surface area contributed by atoms with E-state index in [9.17, 15) is 8.42 Å². The van der Waals surface area contributed by atoms with Gasteiger partial charge in [-0.1, -0.05) is 18.5 Å². The topological polar surface area (TPSA) is 84.2 Å². The first-order valence-corrected chi connectivity index (χ1v) is 7.08. The molecule has 8 heteroatoms. The van der Waals surface area contributed by atoms with Gasteiger partial charge in [0.2, 0.25) is 5.03 Å². The van der Waals surface area contributed by atoms with E-state index in [0.29, 0.717) is 12.8 Å². The summed E-state index contributed by atoms with van der Waals surface area (Å²) in [7, 11) is -2.12. The van der Waals surface area contributed by atoms with Gasteiger partial charge in [-0.3, -0.25) is 0 Å². The molecule has 1 aromatic heterocycles. The summed E-state index contributed by atoms with van der Waals surface area (Å²) in [5.74, 6) is 0. The zero-order valence-electron chi connectivity index (χ0n) is 9.72. The molecule has 1 atom stereocenters. The molecular weight excluding hydrogens is 266 g/mol. The summed E-state index contributed by atoms with van der Waals surface area (Å²) in [5.41, 5.74) is 0. The molecule has 0 aliphatic heterocycles. The summed E-state index contributed by atoms with van der Waals surface area (Å²) in [6.07, 6.45) is 2.29. The number of hydrogen-bond donors (Lipinski definition) is 2. The minimum atomic E-state index is -3.73. The molecule has 0 aromatic carbocycles. The molecule has 1 aromatic rings. The number of nitrogens with one attached hydrogen (secondary N) is 1. The molecule has 0 aliphatic carbocycles. The fourth-order valence-corrected chi connectivity index (χ4v) is 3.14. The molecule has 0 aliphatic rings. The van der Waals surface area contributed by atoms with Gasteiger partial charge in [-0.2, -0.15) is 0 Å². The number of rotatable bonds is 6. The molecule has 17 heavy (non-hydrogen) atoms. The highest BCUT2D eigenvalue weighted by atomic mass is 35.5. The maximum absolute atomic E-state index is 12.0. The molecular formula is C9H16ClN3O3S. The van der Waals surface area contributed by atoms with E-state index in [2.05, 4.69) is 9.71 Å². The van der Waals surface area contributed by atoms with Crippen molar-refractivity contribution in [2.24, 2.45) is 7.05 Å². The van der Waals surface area contributed by atoms with Crippen molar-refractivity contribution in [3.8, 4) is 0 Å². The Balaban J connectivity index is 2.92. The number of imidazole rings is 1. The number of aliphatic hydroxyl groups excluding tert-OH is 1. The van der Waals surface area contributed by atoms with Crippen LogP contribution in [-0.2, 0) is 17.1 Å². The van der Waals surface area contributed by atoms with Crippen LogP contribution in [-0.4, -0.2) is 35.7 Å². The maximum atomic E-state index is 12.0. The first-order valence-electron chi connectivity index (χ1n) is 5.22. The Morgan fingerprint density at radius 1 is 1.65 bits per heavy atom. The zero-order chi connectivity index (χ0) is 13.1. The third-order valence-electron chi connectivity index (χ3n) is 2.38. The normalized spacial score (nSPS) is 13.9. The standard InChI is InChI=1S/C9H16ClN3O3S/c1-3-7(4-5-14)12-17(15,16)9-8(10)13(2)6-11-9/h6-7,12,14H,3-5H2,1-2H3. The predicted octanol–water partition coefficient (Wildman–Crippen LogP) is 0.513. The first-order chi connectivity index (χ1) is 7.92. The number of aromatic nitrogens is 2. The molecule has 98 valence electrons. The van der Waals surface area contributed by atoms with Crippen LogP contribution in [0.5, 0.6) is 0 Å². The highest BCUT2D eigenvalue weighted by Crippen LogP contribution is 2.19. The van der Waals surface area contributed by atoms with Gasteiger partial charge in [0.15, 0.2) is 0 Å². The molecule has 0 saturated carbocycles. The average molecular weight is 282 g/mol. The summed E-state index contributed by atoms with van der Waals surface area (Å²) < 4.78 is 27.8. The summed E-state index contributed by atoms with van der Waals surface area (Å²) in [6.45, 7) is 1.76. The van der Waals surface area contributed by atoms with Crippen molar-refractivity contribution in [1.82, 2.24) is 14.3 Å². The van der Waals surface area contributed by atoms with E-state index in [-0.39, 0.29) is 22.8 Å². The van der Waals surface area contributed by atoms with Crippen molar-refractivity contribution in [3.63, 3.8) is 0 Å². The first kappa shape index (κ1) is 14.4. The third-order valence-corrected chi connectivity index (χ3v) is 4.39. The Labute approximate surface area is 106 Å². The van der Waals surface area contributed by atoms with Crippen molar-refractivity contribution in [2.75, 3.05) is 6.61 Å². The number of nitrogens with zero attached hydrogens (tertiary/aromatic N) is 2. The second kappa shape index (κ2) is 5.81. The van der Waals surface area contributed by atoms with Crippen LogP contribution in [0.4, 0.5) is 0 Å². The van der Waals surface area contributed by atoms with Crippen molar-refractivity contribution in [2.45, 2.75) is 30.8 Å². The lowest BCUT2D eigenvalue weighted by molar-refractivity contribution is 0.270. The van der Waals surface area contributed by atoms with E-state index in [1.807, 2.05) is 6.92 Å². The Kier molecular flexibility index (Phi) is 4.93. The quantitative estimate of drug-likeness (QED) is 0.796. The van der Waals surface area contributed by atoms with Crippen LogP contribution in [0.1, 0.15) is 19.8 Å². The molecule has 0 amide bonds. The van der Waals surface area contributed by atoms with Crippen molar-refractivity contribution >= 4 is 21.6 Å². The van der Waals surface area contributed by atoms with Crippen LogP contribution in [0.25, 0.3) is 0 Å². The van der Waals surface area contributed by atoms with Crippen LogP contribution < -0.4 is 4.72 Å². The lowest BCUT2D eigenvalue weighted by Crippen LogP contribution is -2.35. The number of hydrogen-bond acceptors (Lipinski definition) is 4. The molecule has 6 nitrogen and oxygen atoms in total. The van der Waals surface area contributed by atoms with Gasteiger partial charge in [-0.05, 0) is 12.8 Å². The summed E-state index contributed by atoms with van der Waals surface area (Å²) in [4.78, 5) is 3.75. The van der Waals surface area contributed by atoms with Crippen LogP contribution in [0.2, 0.25) is 5.15 Å². The van der Waals surface area contributed by atoms with E-state index < -0.39 is 10.0 Å². The molecule has 0 radical (unpaired) electrons. The molecule has 1 rings (SSSR count). The lowest BCUT2D eigenvalue weighted by atomic mass is 10.2. The van der Waals surface area contributed by atoms with Crippen LogP contribution in [0.15, 0.2) is 11.4 Å². The summed E-state index contributed by atoms with van der Waals surface area (Å²) >= 11 is 5.83. The van der Waals surface area contributed by atoms with Gasteiger partial charge >= 0.3 is 0 Å². The number of halogens is 1. The van der Waals surface area contributed by atoms with Gasteiger partial charge in [0.05, 0.1) is 6.33 Å². The number of aliphatic hydroxyl groups is 1. The maximum Gasteiger partial charge on any atom is 0.261 e. The summed E-state index contributed by atoms with van der Waals surface area (Å²) in [6, 6.07) is -0.317. The zero-order valence-corrected chi connectivity index (χ0v) is 11.3.